The standard InChI is InChI=1S/C10H17N3O2/c1-2-9-8-7-12-4-3-11-5-6-13(8)10(14)15-9/h11-12H,2-7H2,1H3. The van der Waals surface area contributed by atoms with Crippen LogP contribution in [0.25, 0.3) is 0 Å². The molecule has 1 aliphatic rings. The first-order valence-electron chi connectivity index (χ1n) is 5.45. The molecule has 0 bridgehead atoms. The van der Waals surface area contributed by atoms with E-state index in [2.05, 4.69) is 10.6 Å². The van der Waals surface area contributed by atoms with Gasteiger partial charge in [0.1, 0.15) is 5.76 Å². The van der Waals surface area contributed by atoms with Gasteiger partial charge < -0.3 is 15.1 Å². The van der Waals surface area contributed by atoms with E-state index in [1.807, 2.05) is 6.92 Å². The number of nitrogens with one attached hydrogen (secondary N) is 2. The van der Waals surface area contributed by atoms with Gasteiger partial charge in [-0.15, -0.1) is 0 Å². The van der Waals surface area contributed by atoms with E-state index in [1.165, 1.54) is 0 Å². The Hall–Kier alpha value is -1.07. The van der Waals surface area contributed by atoms with E-state index in [9.17, 15) is 4.79 Å². The van der Waals surface area contributed by atoms with Crippen molar-refractivity contribution in [1.29, 1.82) is 0 Å². The monoisotopic (exact) mass is 211 g/mol. The van der Waals surface area contributed by atoms with E-state index in [1.54, 1.807) is 4.57 Å². The van der Waals surface area contributed by atoms with Gasteiger partial charge in [-0.25, -0.2) is 4.79 Å². The molecule has 15 heavy (non-hydrogen) atoms. The van der Waals surface area contributed by atoms with Crippen molar-refractivity contribution in [2.45, 2.75) is 26.4 Å². The number of rotatable bonds is 1. The highest BCUT2D eigenvalue weighted by Gasteiger charge is 2.15. The van der Waals surface area contributed by atoms with E-state index in [0.29, 0.717) is 6.54 Å². The van der Waals surface area contributed by atoms with Crippen LogP contribution in [-0.2, 0) is 19.5 Å². The lowest BCUT2D eigenvalue weighted by Gasteiger charge is -2.04. The second kappa shape index (κ2) is 4.63. The topological polar surface area (TPSA) is 59.2 Å². The molecule has 0 atom stereocenters. The lowest BCUT2D eigenvalue weighted by atomic mass is 10.2. The Morgan fingerprint density at radius 3 is 2.93 bits per heavy atom. The van der Waals surface area contributed by atoms with Crippen molar-refractivity contribution >= 4 is 0 Å². The number of oxazole rings is 1. The van der Waals surface area contributed by atoms with Crippen LogP contribution in [0.1, 0.15) is 18.4 Å². The lowest BCUT2D eigenvalue weighted by molar-refractivity contribution is 0.445. The van der Waals surface area contributed by atoms with Crippen LogP contribution >= 0.6 is 0 Å². The summed E-state index contributed by atoms with van der Waals surface area (Å²) in [4.78, 5) is 11.6. The summed E-state index contributed by atoms with van der Waals surface area (Å²) in [5, 5.41) is 6.55. The minimum Gasteiger partial charge on any atom is -0.413 e. The first-order chi connectivity index (χ1) is 7.33. The van der Waals surface area contributed by atoms with Crippen LogP contribution < -0.4 is 16.4 Å². The highest BCUT2D eigenvalue weighted by Crippen LogP contribution is 2.08. The summed E-state index contributed by atoms with van der Waals surface area (Å²) in [6, 6.07) is 0. The SMILES string of the molecule is CCc1oc(=O)n2c1CNCCNCC2. The Kier molecular flexibility index (Phi) is 3.23. The molecule has 1 aromatic rings. The maximum atomic E-state index is 11.6. The van der Waals surface area contributed by atoms with E-state index in [-0.39, 0.29) is 5.76 Å². The minimum absolute atomic E-state index is 0.229. The Morgan fingerprint density at radius 1 is 1.33 bits per heavy atom. The summed E-state index contributed by atoms with van der Waals surface area (Å²) in [6.07, 6.45) is 0.771. The van der Waals surface area contributed by atoms with Gasteiger partial charge in [0, 0.05) is 39.1 Å². The molecule has 0 fully saturated rings. The normalized spacial score (nSPS) is 17.7. The molecule has 5 heteroatoms. The Labute approximate surface area is 88.5 Å². The van der Waals surface area contributed by atoms with E-state index in [0.717, 1.165) is 44.1 Å². The zero-order valence-corrected chi connectivity index (χ0v) is 9.01. The van der Waals surface area contributed by atoms with Crippen LogP contribution in [-0.4, -0.2) is 24.2 Å². The second-order valence-electron chi connectivity index (χ2n) is 3.67. The van der Waals surface area contributed by atoms with Crippen LogP contribution in [0.4, 0.5) is 0 Å². The molecular formula is C10H17N3O2. The molecule has 0 saturated heterocycles. The molecule has 2 N–H and O–H groups in total. The van der Waals surface area contributed by atoms with Gasteiger partial charge in [0.05, 0.1) is 5.69 Å². The molecule has 1 aliphatic heterocycles. The molecule has 0 unspecified atom stereocenters. The fourth-order valence-corrected chi connectivity index (χ4v) is 1.88. The van der Waals surface area contributed by atoms with E-state index >= 15 is 0 Å². The molecule has 5 nitrogen and oxygen atoms in total. The summed E-state index contributed by atoms with van der Waals surface area (Å²) < 4.78 is 6.93. The lowest BCUT2D eigenvalue weighted by Crippen LogP contribution is -2.27. The molecule has 1 aromatic heterocycles. The summed E-state index contributed by atoms with van der Waals surface area (Å²) >= 11 is 0. The average molecular weight is 211 g/mol. The summed E-state index contributed by atoms with van der Waals surface area (Å²) in [5.41, 5.74) is 1.01. The number of nitrogens with zero attached hydrogens (tertiary/aromatic N) is 1. The molecule has 84 valence electrons. The van der Waals surface area contributed by atoms with Crippen molar-refractivity contribution in [3.05, 3.63) is 22.0 Å². The predicted octanol–water partition coefficient (Wildman–Crippen LogP) is -0.303. The number of aromatic nitrogens is 1. The predicted molar refractivity (Wildman–Crippen MR) is 56.9 cm³/mol. The second-order valence-corrected chi connectivity index (χ2v) is 3.67. The molecule has 0 aromatic carbocycles. The third-order valence-corrected chi connectivity index (χ3v) is 2.68. The van der Waals surface area contributed by atoms with Crippen LogP contribution in [0.3, 0.4) is 0 Å². The fraction of sp³-hybridized carbons (Fsp3) is 0.700. The van der Waals surface area contributed by atoms with Gasteiger partial charge in [-0.1, -0.05) is 6.92 Å². The van der Waals surface area contributed by atoms with E-state index in [4.69, 9.17) is 4.42 Å². The first-order valence-corrected chi connectivity index (χ1v) is 5.45. The highest BCUT2D eigenvalue weighted by atomic mass is 16.4. The summed E-state index contributed by atoms with van der Waals surface area (Å²) in [5.74, 6) is 0.585. The number of hydrogen-bond acceptors (Lipinski definition) is 4. The third kappa shape index (κ3) is 2.13. The zero-order chi connectivity index (χ0) is 10.7. The quantitative estimate of drug-likeness (QED) is 0.669. The molecule has 0 saturated carbocycles. The molecule has 0 radical (unpaired) electrons. The minimum atomic E-state index is -0.229. The largest absolute Gasteiger partial charge is 0.419 e. The van der Waals surface area contributed by atoms with Crippen molar-refractivity contribution in [3.8, 4) is 0 Å². The number of fused-ring (bicyclic) bond motifs is 1. The molecule has 0 aliphatic carbocycles. The average Bonchev–Trinajstić information content (AvgIpc) is 2.59. The summed E-state index contributed by atoms with van der Waals surface area (Å²) in [6.45, 7) is 6.09. The third-order valence-electron chi connectivity index (χ3n) is 2.68. The van der Waals surface area contributed by atoms with Crippen LogP contribution in [0.2, 0.25) is 0 Å². The van der Waals surface area contributed by atoms with Gasteiger partial charge in [0.15, 0.2) is 0 Å². The van der Waals surface area contributed by atoms with Crippen LogP contribution in [0.15, 0.2) is 9.21 Å². The van der Waals surface area contributed by atoms with Crippen LogP contribution in [0.5, 0.6) is 0 Å². The highest BCUT2D eigenvalue weighted by molar-refractivity contribution is 5.09. The van der Waals surface area contributed by atoms with Gasteiger partial charge in [-0.05, 0) is 0 Å². The molecule has 2 rings (SSSR count). The molecule has 0 spiro atoms. The van der Waals surface area contributed by atoms with Crippen molar-refractivity contribution in [2.75, 3.05) is 19.6 Å². The number of hydrogen-bond donors (Lipinski definition) is 2. The van der Waals surface area contributed by atoms with Gasteiger partial charge >= 0.3 is 5.76 Å². The number of aryl methyl sites for hydroxylation is 1. The summed E-state index contributed by atoms with van der Waals surface area (Å²) in [7, 11) is 0. The molecular weight excluding hydrogens is 194 g/mol. The van der Waals surface area contributed by atoms with Crippen LogP contribution in [0, 0.1) is 0 Å². The Balaban J connectivity index is 2.34. The van der Waals surface area contributed by atoms with Gasteiger partial charge in [-0.2, -0.15) is 0 Å². The van der Waals surface area contributed by atoms with Crippen molar-refractivity contribution in [3.63, 3.8) is 0 Å². The maximum Gasteiger partial charge on any atom is 0.419 e. The van der Waals surface area contributed by atoms with Gasteiger partial charge in [-0.3, -0.25) is 4.57 Å². The maximum absolute atomic E-state index is 11.6. The Bertz CT molecular complexity index is 381. The van der Waals surface area contributed by atoms with E-state index < -0.39 is 0 Å². The smallest absolute Gasteiger partial charge is 0.413 e. The van der Waals surface area contributed by atoms with Crippen molar-refractivity contribution in [2.24, 2.45) is 0 Å². The van der Waals surface area contributed by atoms with Crippen molar-refractivity contribution < 1.29 is 4.42 Å². The van der Waals surface area contributed by atoms with Crippen molar-refractivity contribution in [1.82, 2.24) is 15.2 Å². The van der Waals surface area contributed by atoms with Gasteiger partial charge in [0.2, 0.25) is 0 Å². The zero-order valence-electron chi connectivity index (χ0n) is 9.01. The molecule has 2 heterocycles. The first kappa shape index (κ1) is 10.4. The molecule has 0 amide bonds. The Morgan fingerprint density at radius 2 is 2.13 bits per heavy atom. The fourth-order valence-electron chi connectivity index (χ4n) is 1.88. The van der Waals surface area contributed by atoms with Gasteiger partial charge in [0.25, 0.3) is 0 Å².